The van der Waals surface area contributed by atoms with Crippen LogP contribution in [0.5, 0.6) is 0 Å². The Balaban J connectivity index is 1.38. The number of hydrogen-bond acceptors (Lipinski definition) is 5. The van der Waals surface area contributed by atoms with Crippen molar-refractivity contribution >= 4 is 28.4 Å². The molecule has 10 heteroatoms. The molecule has 5 rings (SSSR count). The Morgan fingerprint density at radius 3 is 2.77 bits per heavy atom. The van der Waals surface area contributed by atoms with E-state index in [0.29, 0.717) is 11.3 Å². The number of nitrogens with one attached hydrogen (secondary N) is 1. The summed E-state index contributed by atoms with van der Waals surface area (Å²) in [4.78, 5) is 20.0. The normalized spacial score (nSPS) is 17.2. The molecule has 2 fully saturated rings. The second-order valence-electron chi connectivity index (χ2n) is 7.54. The number of pyridine rings is 1. The highest BCUT2D eigenvalue weighted by atomic mass is 19.1. The molecule has 2 amide bonds. The van der Waals surface area contributed by atoms with Gasteiger partial charge < -0.3 is 19.9 Å². The van der Waals surface area contributed by atoms with E-state index in [-0.39, 0.29) is 24.9 Å². The van der Waals surface area contributed by atoms with Gasteiger partial charge in [-0.15, -0.1) is 5.10 Å². The Morgan fingerprint density at radius 2 is 2.03 bits per heavy atom. The van der Waals surface area contributed by atoms with E-state index < -0.39 is 18.0 Å². The number of urea groups is 1. The molecular formula is C20H20F2N6O2. The minimum atomic E-state index is -0.981. The van der Waals surface area contributed by atoms with Gasteiger partial charge in [0.15, 0.2) is 5.65 Å². The number of carbonyl (C=O) groups is 1. The first kappa shape index (κ1) is 18.7. The lowest BCUT2D eigenvalue weighted by Crippen LogP contribution is -2.53. The first-order valence-electron chi connectivity index (χ1n) is 9.63. The predicted molar refractivity (Wildman–Crippen MR) is 107 cm³/mol. The van der Waals surface area contributed by atoms with E-state index in [9.17, 15) is 13.6 Å². The van der Waals surface area contributed by atoms with E-state index in [0.717, 1.165) is 24.2 Å². The Hall–Kier alpha value is -3.27. The number of methoxy groups -OCH3 is 1. The minimum absolute atomic E-state index is 0.0700. The third-order valence-corrected chi connectivity index (χ3v) is 5.46. The zero-order chi connectivity index (χ0) is 20.8. The maximum atomic E-state index is 14.5. The van der Waals surface area contributed by atoms with Crippen molar-refractivity contribution in [3.8, 4) is 5.69 Å². The molecule has 1 aromatic carbocycles. The van der Waals surface area contributed by atoms with Crippen LogP contribution < -0.4 is 10.2 Å². The molecule has 2 aliphatic rings. The van der Waals surface area contributed by atoms with Crippen molar-refractivity contribution in [1.29, 1.82) is 0 Å². The van der Waals surface area contributed by atoms with Crippen LogP contribution in [0.1, 0.15) is 0 Å². The van der Waals surface area contributed by atoms with Gasteiger partial charge in [-0.1, -0.05) is 0 Å². The summed E-state index contributed by atoms with van der Waals surface area (Å²) in [6.07, 6.45) is 2.68. The highest BCUT2D eigenvalue weighted by Gasteiger charge is 2.30. The summed E-state index contributed by atoms with van der Waals surface area (Å²) >= 11 is 0. The minimum Gasteiger partial charge on any atom is -0.378 e. The van der Waals surface area contributed by atoms with Crippen molar-refractivity contribution in [3.05, 3.63) is 42.5 Å². The smallest absolute Gasteiger partial charge is 0.322 e. The number of anilines is 2. The summed E-state index contributed by atoms with van der Waals surface area (Å²) in [7, 11) is 1.69. The van der Waals surface area contributed by atoms with Gasteiger partial charge in [-0.05, 0) is 24.3 Å². The van der Waals surface area contributed by atoms with Crippen LogP contribution in [-0.4, -0.2) is 71.3 Å². The van der Waals surface area contributed by atoms with Crippen LogP contribution in [0.2, 0.25) is 0 Å². The summed E-state index contributed by atoms with van der Waals surface area (Å²) in [5.74, 6) is -0.487. The van der Waals surface area contributed by atoms with E-state index >= 15 is 0 Å². The van der Waals surface area contributed by atoms with E-state index in [2.05, 4.69) is 20.3 Å². The maximum Gasteiger partial charge on any atom is 0.322 e. The maximum absolute atomic E-state index is 14.5. The number of benzene rings is 1. The number of rotatable bonds is 4. The number of nitrogens with zero attached hydrogens (tertiary/aromatic N) is 5. The fraction of sp³-hybridized carbons (Fsp3) is 0.350. The summed E-state index contributed by atoms with van der Waals surface area (Å²) in [5, 5.41) is 7.80. The zero-order valence-electron chi connectivity index (χ0n) is 16.3. The molecule has 2 aliphatic heterocycles. The summed E-state index contributed by atoms with van der Waals surface area (Å²) in [6.45, 7) is 1.74. The Morgan fingerprint density at radius 1 is 1.23 bits per heavy atom. The highest BCUT2D eigenvalue weighted by molar-refractivity contribution is 5.90. The monoisotopic (exact) mass is 414 g/mol. The Kier molecular flexibility index (Phi) is 4.50. The van der Waals surface area contributed by atoms with Crippen molar-refractivity contribution < 1.29 is 18.3 Å². The number of fused-ring (bicyclic) bond motifs is 1. The Bertz CT molecular complexity index is 1110. The summed E-state index contributed by atoms with van der Waals surface area (Å²) < 4.78 is 34.1. The number of amides is 2. The first-order valence-corrected chi connectivity index (χ1v) is 9.63. The molecule has 8 nitrogen and oxygen atoms in total. The molecule has 0 atom stereocenters. The second-order valence-corrected chi connectivity index (χ2v) is 7.54. The van der Waals surface area contributed by atoms with Crippen LogP contribution >= 0.6 is 0 Å². The number of alkyl halides is 1. The van der Waals surface area contributed by atoms with E-state index in [1.165, 1.54) is 27.8 Å². The lowest BCUT2D eigenvalue weighted by Gasteiger charge is -2.39. The van der Waals surface area contributed by atoms with E-state index in [1.54, 1.807) is 19.5 Å². The summed E-state index contributed by atoms with van der Waals surface area (Å²) in [5.41, 5.74) is 2.03. The molecule has 0 unspecified atom stereocenters. The van der Waals surface area contributed by atoms with Crippen LogP contribution in [0.25, 0.3) is 16.7 Å². The van der Waals surface area contributed by atoms with Gasteiger partial charge in [-0.25, -0.2) is 23.2 Å². The fourth-order valence-corrected chi connectivity index (χ4v) is 3.56. The summed E-state index contributed by atoms with van der Waals surface area (Å²) in [6, 6.07) is 5.75. The third-order valence-electron chi connectivity index (χ3n) is 5.46. The molecule has 4 heterocycles. The second kappa shape index (κ2) is 7.21. The molecule has 3 aromatic rings. The SMILES string of the molecule is COC1CN(c2cnc3nn(-c4cc(NC(=O)N5CC(F)C5)ccc4F)cc3c2)C1. The molecule has 0 aliphatic carbocycles. The van der Waals surface area contributed by atoms with Crippen LogP contribution in [-0.2, 0) is 4.74 Å². The highest BCUT2D eigenvalue weighted by Crippen LogP contribution is 2.26. The molecule has 1 N–H and O–H groups in total. The first-order chi connectivity index (χ1) is 14.5. The molecule has 0 bridgehead atoms. The largest absolute Gasteiger partial charge is 0.378 e. The van der Waals surface area contributed by atoms with Crippen molar-refractivity contribution in [2.75, 3.05) is 43.5 Å². The topological polar surface area (TPSA) is 75.5 Å². The third kappa shape index (κ3) is 3.32. The molecular weight excluding hydrogens is 394 g/mol. The number of hydrogen-bond donors (Lipinski definition) is 1. The van der Waals surface area contributed by atoms with Crippen LogP contribution in [0.15, 0.2) is 36.7 Å². The van der Waals surface area contributed by atoms with Gasteiger partial charge in [0.25, 0.3) is 0 Å². The average Bonchev–Trinajstić information content (AvgIpc) is 3.09. The number of halogens is 2. The molecule has 156 valence electrons. The number of carbonyl (C=O) groups excluding carboxylic acids is 1. The van der Waals surface area contributed by atoms with Gasteiger partial charge in [0.05, 0.1) is 31.1 Å². The number of aromatic nitrogens is 3. The number of ether oxygens (including phenoxy) is 1. The van der Waals surface area contributed by atoms with Crippen LogP contribution in [0, 0.1) is 5.82 Å². The van der Waals surface area contributed by atoms with Gasteiger partial charge >= 0.3 is 6.03 Å². The lowest BCUT2D eigenvalue weighted by molar-refractivity contribution is 0.0787. The van der Waals surface area contributed by atoms with Crippen LogP contribution in [0.4, 0.5) is 25.0 Å². The van der Waals surface area contributed by atoms with Gasteiger partial charge in [-0.3, -0.25) is 0 Å². The molecule has 2 saturated heterocycles. The predicted octanol–water partition coefficient (Wildman–Crippen LogP) is 2.58. The van der Waals surface area contributed by atoms with Crippen molar-refractivity contribution in [1.82, 2.24) is 19.7 Å². The van der Waals surface area contributed by atoms with E-state index in [1.807, 2.05) is 6.07 Å². The number of likely N-dealkylation sites (tertiary alicyclic amines) is 1. The molecule has 0 spiro atoms. The quantitative estimate of drug-likeness (QED) is 0.710. The van der Waals surface area contributed by atoms with Crippen molar-refractivity contribution in [3.63, 3.8) is 0 Å². The molecule has 0 saturated carbocycles. The van der Waals surface area contributed by atoms with E-state index in [4.69, 9.17) is 4.74 Å². The van der Waals surface area contributed by atoms with Gasteiger partial charge in [-0.2, -0.15) is 0 Å². The van der Waals surface area contributed by atoms with Gasteiger partial charge in [0, 0.05) is 37.5 Å². The van der Waals surface area contributed by atoms with Gasteiger partial charge in [0.2, 0.25) is 0 Å². The molecule has 2 aromatic heterocycles. The standard InChI is InChI=1S/C20H20F2N6O2/c1-30-16-10-26(11-16)15-4-12-7-28(25-19(12)23-6-15)18-5-14(2-3-17(18)22)24-20(29)27-8-13(21)9-27/h2-7,13,16H,8-11H2,1H3,(H,24,29). The van der Waals surface area contributed by atoms with Gasteiger partial charge in [0.1, 0.15) is 17.7 Å². The van der Waals surface area contributed by atoms with Crippen molar-refractivity contribution in [2.45, 2.75) is 12.3 Å². The Labute approximate surface area is 171 Å². The lowest BCUT2D eigenvalue weighted by atomic mass is 10.1. The average molecular weight is 414 g/mol. The zero-order valence-corrected chi connectivity index (χ0v) is 16.3. The van der Waals surface area contributed by atoms with Crippen molar-refractivity contribution in [2.24, 2.45) is 0 Å². The van der Waals surface area contributed by atoms with Crippen LogP contribution in [0.3, 0.4) is 0 Å². The fourth-order valence-electron chi connectivity index (χ4n) is 3.56. The molecule has 30 heavy (non-hydrogen) atoms. The molecule has 0 radical (unpaired) electrons.